The highest BCUT2D eigenvalue weighted by atomic mass is 35.5. The predicted molar refractivity (Wildman–Crippen MR) is 93.8 cm³/mol. The van der Waals surface area contributed by atoms with Gasteiger partial charge in [0, 0.05) is 6.54 Å². The Morgan fingerprint density at radius 2 is 1.92 bits per heavy atom. The number of hydrogen-bond donors (Lipinski definition) is 1. The molecule has 7 heteroatoms. The van der Waals surface area contributed by atoms with Gasteiger partial charge in [-0.15, -0.1) is 10.2 Å². The summed E-state index contributed by atoms with van der Waals surface area (Å²) in [7, 11) is 1.62. The van der Waals surface area contributed by atoms with Crippen LogP contribution < -0.4 is 10.1 Å². The first-order chi connectivity index (χ1) is 12.2. The second kappa shape index (κ2) is 7.81. The molecule has 1 aromatic heterocycles. The SMILES string of the molecule is COc1ccc(CCNC(=O)c2nnc(-c3ccccc3Cl)o2)cc1. The molecule has 3 rings (SSSR count). The summed E-state index contributed by atoms with van der Waals surface area (Å²) in [4.78, 5) is 12.1. The van der Waals surface area contributed by atoms with Crippen LogP contribution in [0.4, 0.5) is 0 Å². The van der Waals surface area contributed by atoms with Gasteiger partial charge in [0.2, 0.25) is 5.89 Å². The Morgan fingerprint density at radius 1 is 1.16 bits per heavy atom. The summed E-state index contributed by atoms with van der Waals surface area (Å²) in [6.45, 7) is 0.453. The van der Waals surface area contributed by atoms with E-state index in [1.807, 2.05) is 24.3 Å². The first-order valence-corrected chi connectivity index (χ1v) is 8.04. The van der Waals surface area contributed by atoms with Crippen LogP contribution in [0, 0.1) is 0 Å². The third kappa shape index (κ3) is 4.16. The number of carbonyl (C=O) groups excluding carboxylic acids is 1. The van der Waals surface area contributed by atoms with Crippen molar-refractivity contribution in [3.8, 4) is 17.2 Å². The Hall–Kier alpha value is -2.86. The number of rotatable bonds is 6. The minimum Gasteiger partial charge on any atom is -0.497 e. The molecule has 0 aliphatic rings. The van der Waals surface area contributed by atoms with Crippen LogP contribution in [0.1, 0.15) is 16.2 Å². The van der Waals surface area contributed by atoms with Crippen LogP contribution >= 0.6 is 11.6 Å². The van der Waals surface area contributed by atoms with Gasteiger partial charge in [0.1, 0.15) is 5.75 Å². The molecule has 0 unspecified atom stereocenters. The summed E-state index contributed by atoms with van der Waals surface area (Å²) in [5, 5.41) is 10.9. The first kappa shape index (κ1) is 17.0. The molecule has 0 aliphatic carbocycles. The summed E-state index contributed by atoms with van der Waals surface area (Å²) < 4.78 is 10.5. The fourth-order valence-corrected chi connectivity index (χ4v) is 2.46. The van der Waals surface area contributed by atoms with Gasteiger partial charge in [0.05, 0.1) is 17.7 Å². The Kier molecular flexibility index (Phi) is 5.30. The standard InChI is InChI=1S/C18H16ClN3O3/c1-24-13-8-6-12(7-9-13)10-11-20-16(23)18-22-21-17(25-18)14-4-2-3-5-15(14)19/h2-9H,10-11H2,1H3,(H,20,23). The van der Waals surface area contributed by atoms with Gasteiger partial charge in [-0.1, -0.05) is 35.9 Å². The average Bonchev–Trinajstić information content (AvgIpc) is 3.12. The lowest BCUT2D eigenvalue weighted by Gasteiger charge is -2.04. The Balaban J connectivity index is 1.57. The van der Waals surface area contributed by atoms with Crippen molar-refractivity contribution < 1.29 is 13.9 Å². The van der Waals surface area contributed by atoms with Crippen molar-refractivity contribution in [2.75, 3.05) is 13.7 Å². The van der Waals surface area contributed by atoms with E-state index in [0.717, 1.165) is 11.3 Å². The maximum atomic E-state index is 12.1. The number of benzene rings is 2. The molecule has 128 valence electrons. The van der Waals surface area contributed by atoms with Gasteiger partial charge < -0.3 is 14.5 Å². The molecule has 0 aliphatic heterocycles. The van der Waals surface area contributed by atoms with E-state index >= 15 is 0 Å². The molecule has 25 heavy (non-hydrogen) atoms. The van der Waals surface area contributed by atoms with Crippen molar-refractivity contribution in [3.63, 3.8) is 0 Å². The first-order valence-electron chi connectivity index (χ1n) is 7.67. The average molecular weight is 358 g/mol. The number of aromatic nitrogens is 2. The largest absolute Gasteiger partial charge is 0.497 e. The minimum atomic E-state index is -0.417. The zero-order valence-corrected chi connectivity index (χ0v) is 14.3. The van der Waals surface area contributed by atoms with E-state index in [0.29, 0.717) is 23.6 Å². The molecular formula is C18H16ClN3O3. The quantitative estimate of drug-likeness (QED) is 0.731. The Labute approximate surface area is 149 Å². The fraction of sp³-hybridized carbons (Fsp3) is 0.167. The number of nitrogens with zero attached hydrogens (tertiary/aromatic N) is 2. The van der Waals surface area contributed by atoms with Crippen molar-refractivity contribution in [1.82, 2.24) is 15.5 Å². The van der Waals surface area contributed by atoms with E-state index in [9.17, 15) is 4.79 Å². The van der Waals surface area contributed by atoms with Crippen molar-refractivity contribution >= 4 is 17.5 Å². The van der Waals surface area contributed by atoms with Crippen LogP contribution in [0.3, 0.4) is 0 Å². The van der Waals surface area contributed by atoms with Crippen LogP contribution in [-0.4, -0.2) is 29.8 Å². The topological polar surface area (TPSA) is 77.2 Å². The van der Waals surface area contributed by atoms with E-state index < -0.39 is 5.91 Å². The number of halogens is 1. The molecule has 0 spiro atoms. The van der Waals surface area contributed by atoms with Crippen LogP contribution in [0.25, 0.3) is 11.5 Å². The molecule has 6 nitrogen and oxygen atoms in total. The molecule has 3 aromatic rings. The number of carbonyl (C=O) groups is 1. The fourth-order valence-electron chi connectivity index (χ4n) is 2.25. The zero-order valence-electron chi connectivity index (χ0n) is 13.5. The summed E-state index contributed by atoms with van der Waals surface area (Å²) in [6, 6.07) is 14.7. The van der Waals surface area contributed by atoms with Crippen LogP contribution in [0.15, 0.2) is 52.9 Å². The molecular weight excluding hydrogens is 342 g/mol. The van der Waals surface area contributed by atoms with Gasteiger partial charge in [-0.05, 0) is 36.2 Å². The molecule has 0 saturated heterocycles. The van der Waals surface area contributed by atoms with Gasteiger partial charge in [-0.25, -0.2) is 0 Å². The normalized spacial score (nSPS) is 10.5. The van der Waals surface area contributed by atoms with E-state index in [1.165, 1.54) is 0 Å². The molecule has 0 saturated carbocycles. The monoisotopic (exact) mass is 357 g/mol. The Morgan fingerprint density at radius 3 is 2.64 bits per heavy atom. The molecule has 0 fully saturated rings. The van der Waals surface area contributed by atoms with Crippen LogP contribution in [0.2, 0.25) is 5.02 Å². The van der Waals surface area contributed by atoms with Crippen LogP contribution in [-0.2, 0) is 6.42 Å². The minimum absolute atomic E-state index is 0.0929. The summed E-state index contributed by atoms with van der Waals surface area (Å²) >= 11 is 6.08. The van der Waals surface area contributed by atoms with E-state index in [-0.39, 0.29) is 11.8 Å². The third-order valence-electron chi connectivity index (χ3n) is 3.58. The van der Waals surface area contributed by atoms with E-state index in [1.54, 1.807) is 31.4 Å². The smallest absolute Gasteiger partial charge is 0.308 e. The number of amides is 1. The molecule has 0 atom stereocenters. The van der Waals surface area contributed by atoms with Crippen molar-refractivity contribution in [1.29, 1.82) is 0 Å². The summed E-state index contributed by atoms with van der Waals surface area (Å²) in [6.07, 6.45) is 0.682. The van der Waals surface area contributed by atoms with E-state index in [4.69, 9.17) is 20.8 Å². The molecule has 2 aromatic carbocycles. The van der Waals surface area contributed by atoms with Crippen molar-refractivity contribution in [2.45, 2.75) is 6.42 Å². The highest BCUT2D eigenvalue weighted by Crippen LogP contribution is 2.26. The van der Waals surface area contributed by atoms with Gasteiger partial charge in [-0.3, -0.25) is 4.79 Å². The van der Waals surface area contributed by atoms with Crippen molar-refractivity contribution in [3.05, 3.63) is 65.0 Å². The zero-order chi connectivity index (χ0) is 17.6. The molecule has 0 bridgehead atoms. The number of methoxy groups -OCH3 is 1. The highest BCUT2D eigenvalue weighted by Gasteiger charge is 2.16. The molecule has 1 heterocycles. The lowest BCUT2D eigenvalue weighted by atomic mass is 10.1. The highest BCUT2D eigenvalue weighted by molar-refractivity contribution is 6.33. The van der Waals surface area contributed by atoms with Gasteiger partial charge in [0.15, 0.2) is 0 Å². The second-order valence-electron chi connectivity index (χ2n) is 5.25. The number of hydrogen-bond acceptors (Lipinski definition) is 5. The third-order valence-corrected chi connectivity index (χ3v) is 3.91. The molecule has 1 amide bonds. The maximum Gasteiger partial charge on any atom is 0.308 e. The summed E-state index contributed by atoms with van der Waals surface area (Å²) in [5.41, 5.74) is 1.68. The predicted octanol–water partition coefficient (Wildman–Crippen LogP) is 3.37. The lowest BCUT2D eigenvalue weighted by molar-refractivity contribution is 0.0920. The van der Waals surface area contributed by atoms with Crippen molar-refractivity contribution in [2.24, 2.45) is 0 Å². The number of nitrogens with one attached hydrogen (secondary N) is 1. The number of ether oxygens (including phenoxy) is 1. The molecule has 0 radical (unpaired) electrons. The summed E-state index contributed by atoms with van der Waals surface area (Å²) in [5.74, 6) is 0.501. The van der Waals surface area contributed by atoms with Gasteiger partial charge in [0.25, 0.3) is 0 Å². The maximum absolute atomic E-state index is 12.1. The van der Waals surface area contributed by atoms with Crippen LogP contribution in [0.5, 0.6) is 5.75 Å². The second-order valence-corrected chi connectivity index (χ2v) is 5.65. The Bertz CT molecular complexity index is 862. The lowest BCUT2D eigenvalue weighted by Crippen LogP contribution is -2.26. The van der Waals surface area contributed by atoms with Gasteiger partial charge >= 0.3 is 11.8 Å². The van der Waals surface area contributed by atoms with E-state index in [2.05, 4.69) is 15.5 Å². The molecule has 1 N–H and O–H groups in total. The van der Waals surface area contributed by atoms with Gasteiger partial charge in [-0.2, -0.15) is 0 Å².